The molecule has 0 aromatic heterocycles. The molecule has 0 aromatic rings. The number of hydrogen-bond acceptors (Lipinski definition) is 7. The molecule has 146 valence electrons. The van der Waals surface area contributed by atoms with Crippen molar-refractivity contribution in [2.45, 2.75) is 32.4 Å². The highest BCUT2D eigenvalue weighted by molar-refractivity contribution is 7.32. The predicted molar refractivity (Wildman–Crippen MR) is 99.0 cm³/mol. The summed E-state index contributed by atoms with van der Waals surface area (Å²) >= 11 is 0. The highest BCUT2D eigenvalue weighted by atomic mass is 31.1. The van der Waals surface area contributed by atoms with E-state index >= 15 is 0 Å². The number of primary amides is 1. The molecule has 3 heterocycles. The number of carbonyl (C=O) groups excluding carboxylic acids is 3. The number of amides is 2. The molecule has 2 fully saturated rings. The van der Waals surface area contributed by atoms with Gasteiger partial charge in [0.15, 0.2) is 7.98 Å². The third kappa shape index (κ3) is 3.51. The lowest BCUT2D eigenvalue weighted by Crippen LogP contribution is -2.63. The number of hydrogen-bond donors (Lipinski definition) is 3. The SMILES string of the molecule is [B]NPOC(=O)C1=C(CN2CC[C@@H](C(N)=O)C2)[C@H](C)[C@@H]2C([C@@H](C)O)C(=O)N12. The lowest BCUT2D eigenvalue weighted by molar-refractivity contribution is -0.162. The lowest BCUT2D eigenvalue weighted by atomic mass is 9.77. The molecule has 9 nitrogen and oxygen atoms in total. The highest BCUT2D eigenvalue weighted by Crippen LogP contribution is 2.48. The lowest BCUT2D eigenvalue weighted by Gasteiger charge is -2.46. The van der Waals surface area contributed by atoms with Crippen LogP contribution in [0, 0.1) is 17.8 Å². The number of likely N-dealkylation sites (tertiary alicyclic amines) is 1. The Morgan fingerprint density at radius 3 is 2.78 bits per heavy atom. The minimum atomic E-state index is -0.795. The Morgan fingerprint density at radius 1 is 1.52 bits per heavy atom. The third-order valence-corrected chi connectivity index (χ3v) is 6.19. The molecule has 3 aliphatic rings. The van der Waals surface area contributed by atoms with E-state index in [0.29, 0.717) is 26.1 Å². The van der Waals surface area contributed by atoms with Gasteiger partial charge in [-0.1, -0.05) is 6.92 Å². The van der Waals surface area contributed by atoms with Gasteiger partial charge < -0.3 is 25.3 Å². The van der Waals surface area contributed by atoms with Crippen molar-refractivity contribution in [3.05, 3.63) is 11.3 Å². The summed E-state index contributed by atoms with van der Waals surface area (Å²) in [5.41, 5.74) is 6.42. The number of nitrogens with one attached hydrogen (secondary N) is 1. The Morgan fingerprint density at radius 2 is 2.22 bits per heavy atom. The van der Waals surface area contributed by atoms with Crippen LogP contribution in [0.4, 0.5) is 0 Å². The van der Waals surface area contributed by atoms with Crippen molar-refractivity contribution in [1.29, 1.82) is 0 Å². The molecule has 2 amide bonds. The summed E-state index contributed by atoms with van der Waals surface area (Å²) in [6, 6.07) is -0.265. The predicted octanol–water partition coefficient (Wildman–Crippen LogP) is -1.37. The molecular formula is C16H24BN4O5P. The molecule has 0 bridgehead atoms. The van der Waals surface area contributed by atoms with Gasteiger partial charge >= 0.3 is 5.97 Å². The van der Waals surface area contributed by atoms with E-state index < -0.39 is 26.9 Å². The second-order valence-electron chi connectivity index (χ2n) is 7.39. The first-order valence-corrected chi connectivity index (χ1v) is 9.86. The zero-order chi connectivity index (χ0) is 19.9. The molecule has 0 aliphatic carbocycles. The Balaban J connectivity index is 1.85. The van der Waals surface area contributed by atoms with E-state index in [0.717, 1.165) is 5.57 Å². The van der Waals surface area contributed by atoms with E-state index in [-0.39, 0.29) is 35.4 Å². The molecule has 27 heavy (non-hydrogen) atoms. The normalized spacial score (nSPS) is 32.1. The van der Waals surface area contributed by atoms with Crippen LogP contribution in [0.1, 0.15) is 20.3 Å². The Hall–Kier alpha value is -1.48. The van der Waals surface area contributed by atoms with Crippen LogP contribution in [0.15, 0.2) is 11.3 Å². The van der Waals surface area contributed by atoms with Crippen LogP contribution < -0.4 is 10.7 Å². The number of β-lactam (4-membered cyclic amide) rings is 1. The number of nitrogens with zero attached hydrogens (tertiary/aromatic N) is 2. The number of aliphatic hydroxyl groups excluding tert-OH is 1. The quantitative estimate of drug-likeness (QED) is 0.276. The van der Waals surface area contributed by atoms with Crippen molar-refractivity contribution in [2.24, 2.45) is 23.5 Å². The Kier molecular flexibility index (Phi) is 5.91. The molecule has 2 radical (unpaired) electrons. The van der Waals surface area contributed by atoms with Crippen LogP contribution in [0.3, 0.4) is 0 Å². The summed E-state index contributed by atoms with van der Waals surface area (Å²) in [5, 5.41) is 9.97. The van der Waals surface area contributed by atoms with Gasteiger partial charge in [-0.2, -0.15) is 0 Å². The molecule has 2 saturated heterocycles. The average Bonchev–Trinajstić information content (AvgIpc) is 3.16. The number of carbonyl (C=O) groups is 3. The van der Waals surface area contributed by atoms with Crippen LogP contribution >= 0.6 is 8.96 Å². The largest absolute Gasteiger partial charge is 0.428 e. The maximum absolute atomic E-state index is 12.6. The number of rotatable bonds is 7. The molecule has 3 aliphatic heterocycles. The summed E-state index contributed by atoms with van der Waals surface area (Å²) in [6.07, 6.45) is -0.117. The van der Waals surface area contributed by atoms with Crippen LogP contribution in [0.25, 0.3) is 0 Å². The van der Waals surface area contributed by atoms with Crippen molar-refractivity contribution in [3.8, 4) is 0 Å². The average molecular weight is 394 g/mol. The molecule has 3 rings (SSSR count). The van der Waals surface area contributed by atoms with Crippen LogP contribution in [-0.4, -0.2) is 72.5 Å². The zero-order valence-electron chi connectivity index (χ0n) is 15.3. The van der Waals surface area contributed by atoms with Crippen LogP contribution in [0.5, 0.6) is 0 Å². The first kappa shape index (κ1) is 20.3. The van der Waals surface area contributed by atoms with E-state index in [9.17, 15) is 19.5 Å². The van der Waals surface area contributed by atoms with Gasteiger partial charge in [-0.15, -0.1) is 0 Å². The smallest absolute Gasteiger partial charge is 0.358 e. The fraction of sp³-hybridized carbons (Fsp3) is 0.688. The Labute approximate surface area is 161 Å². The molecular weight excluding hydrogens is 370 g/mol. The van der Waals surface area contributed by atoms with Gasteiger partial charge in [-0.3, -0.25) is 14.5 Å². The van der Waals surface area contributed by atoms with Gasteiger partial charge in [0.05, 0.1) is 24.0 Å². The van der Waals surface area contributed by atoms with Gasteiger partial charge in [-0.05, 0) is 25.5 Å². The first-order valence-electron chi connectivity index (χ1n) is 8.95. The molecule has 0 saturated carbocycles. The van der Waals surface area contributed by atoms with Crippen molar-refractivity contribution >= 4 is 34.7 Å². The summed E-state index contributed by atoms with van der Waals surface area (Å²) in [5.74, 6) is -2.06. The molecule has 2 unspecified atom stereocenters. The monoisotopic (exact) mass is 394 g/mol. The van der Waals surface area contributed by atoms with Crippen molar-refractivity contribution in [2.75, 3.05) is 19.6 Å². The van der Waals surface area contributed by atoms with Crippen LogP contribution in [0.2, 0.25) is 0 Å². The van der Waals surface area contributed by atoms with Crippen molar-refractivity contribution < 1.29 is 24.0 Å². The number of fused-ring (bicyclic) bond motifs is 1. The molecule has 4 N–H and O–H groups in total. The highest BCUT2D eigenvalue weighted by Gasteiger charge is 2.60. The Bertz CT molecular complexity index is 688. The van der Waals surface area contributed by atoms with Crippen molar-refractivity contribution in [1.82, 2.24) is 14.8 Å². The van der Waals surface area contributed by atoms with Crippen LogP contribution in [-0.2, 0) is 18.9 Å². The van der Waals surface area contributed by atoms with Crippen molar-refractivity contribution in [3.63, 3.8) is 0 Å². The summed E-state index contributed by atoms with van der Waals surface area (Å²) in [6.45, 7) is 5.19. The number of aliphatic hydroxyl groups is 1. The van der Waals surface area contributed by atoms with Gasteiger partial charge in [-0.25, -0.2) is 4.79 Å². The van der Waals surface area contributed by atoms with Gasteiger partial charge in [0.1, 0.15) is 14.7 Å². The summed E-state index contributed by atoms with van der Waals surface area (Å²) < 4.78 is 5.12. The van der Waals surface area contributed by atoms with Gasteiger partial charge in [0.2, 0.25) is 11.8 Å². The fourth-order valence-electron chi connectivity index (χ4n) is 4.42. The first-order chi connectivity index (χ1) is 12.8. The standard InChI is InChI=1S/C16H24BN4O5P/c1-7-10(6-20-4-3-9(5-20)14(18)23)13(16(25)26-27-19-17)21-12(7)11(8(2)22)15(21)24/h7-9,11-12,19,22,27H,3-6H2,1-2H3,(H2,18,23)/t7-,8+,9+,11?,12+/m0/s1. The number of nitrogens with two attached hydrogens (primary N) is 1. The molecule has 0 spiro atoms. The van der Waals surface area contributed by atoms with Gasteiger partial charge in [0, 0.05) is 19.0 Å². The third-order valence-electron chi connectivity index (χ3n) is 5.78. The molecule has 11 heteroatoms. The van der Waals surface area contributed by atoms with Gasteiger partial charge in [0.25, 0.3) is 0 Å². The summed E-state index contributed by atoms with van der Waals surface area (Å²) in [7, 11) is 4.76. The zero-order valence-corrected chi connectivity index (χ0v) is 16.3. The maximum Gasteiger partial charge on any atom is 0.358 e. The molecule has 0 aromatic carbocycles. The van der Waals surface area contributed by atoms with E-state index in [2.05, 4.69) is 9.90 Å². The second-order valence-corrected chi connectivity index (χ2v) is 8.08. The minimum Gasteiger partial charge on any atom is -0.428 e. The van der Waals surface area contributed by atoms with E-state index in [1.807, 2.05) is 6.92 Å². The maximum atomic E-state index is 12.6. The topological polar surface area (TPSA) is 125 Å². The minimum absolute atomic E-state index is 0.105. The van der Waals surface area contributed by atoms with E-state index in [1.54, 1.807) is 6.92 Å². The summed E-state index contributed by atoms with van der Waals surface area (Å²) in [4.78, 5) is 42.4. The van der Waals surface area contributed by atoms with E-state index in [4.69, 9.17) is 18.2 Å². The second kappa shape index (κ2) is 7.87. The molecule has 6 atom stereocenters. The fourth-order valence-corrected chi connectivity index (χ4v) is 4.66. The van der Waals surface area contributed by atoms with E-state index in [1.165, 1.54) is 4.90 Å².